The minimum absolute atomic E-state index is 0.0356. The van der Waals surface area contributed by atoms with Crippen LogP contribution in [0.15, 0.2) is 30.3 Å². The molecule has 1 aromatic rings. The summed E-state index contributed by atoms with van der Waals surface area (Å²) >= 11 is 0. The highest BCUT2D eigenvalue weighted by Gasteiger charge is 2.19. The molecule has 15 heavy (non-hydrogen) atoms. The molecule has 0 radical (unpaired) electrons. The van der Waals surface area contributed by atoms with Crippen molar-refractivity contribution in [1.82, 2.24) is 0 Å². The molecule has 1 atom stereocenters. The van der Waals surface area contributed by atoms with E-state index >= 15 is 0 Å². The number of rotatable bonds is 5. The van der Waals surface area contributed by atoms with Gasteiger partial charge >= 0.3 is 0 Å². The number of hydrogen-bond donors (Lipinski definition) is 1. The van der Waals surface area contributed by atoms with Gasteiger partial charge in [-0.05, 0) is 25.0 Å². The van der Waals surface area contributed by atoms with E-state index in [-0.39, 0.29) is 11.7 Å². The van der Waals surface area contributed by atoms with E-state index in [1.54, 1.807) is 0 Å². The lowest BCUT2D eigenvalue weighted by Gasteiger charge is -2.18. The van der Waals surface area contributed by atoms with E-state index in [0.29, 0.717) is 0 Å². The highest BCUT2D eigenvalue weighted by atomic mass is 16.7. The lowest BCUT2D eigenvalue weighted by molar-refractivity contribution is -0.128. The van der Waals surface area contributed by atoms with E-state index in [1.165, 1.54) is 6.92 Å². The molecule has 0 aliphatic carbocycles. The van der Waals surface area contributed by atoms with Crippen LogP contribution in [-0.2, 0) is 9.63 Å². The van der Waals surface area contributed by atoms with Gasteiger partial charge in [0.2, 0.25) is 0 Å². The summed E-state index contributed by atoms with van der Waals surface area (Å²) in [4.78, 5) is 16.6. The van der Waals surface area contributed by atoms with Crippen LogP contribution in [0.4, 0.5) is 5.69 Å². The van der Waals surface area contributed by atoms with Gasteiger partial charge in [0, 0.05) is 0 Å². The molecule has 1 unspecified atom stereocenters. The Bertz CT molecular complexity index is 309. The smallest absolute Gasteiger partial charge is 0.161 e. The summed E-state index contributed by atoms with van der Waals surface area (Å²) in [5.74, 6) is 0.201. The van der Waals surface area contributed by atoms with Crippen molar-refractivity contribution in [2.75, 3.05) is 5.48 Å². The van der Waals surface area contributed by atoms with Gasteiger partial charge in [0.25, 0.3) is 0 Å². The zero-order chi connectivity index (χ0) is 11.3. The first-order valence-corrected chi connectivity index (χ1v) is 5.08. The molecule has 82 valence electrons. The molecule has 0 aromatic heterocycles. The van der Waals surface area contributed by atoms with Crippen LogP contribution < -0.4 is 5.48 Å². The Kier molecular flexibility index (Phi) is 4.31. The van der Waals surface area contributed by atoms with Crippen LogP contribution in [0.2, 0.25) is 0 Å². The Labute approximate surface area is 90.4 Å². The van der Waals surface area contributed by atoms with Crippen molar-refractivity contribution in [1.29, 1.82) is 0 Å². The van der Waals surface area contributed by atoms with Gasteiger partial charge in [-0.15, -0.1) is 0 Å². The summed E-state index contributed by atoms with van der Waals surface area (Å²) < 4.78 is 0. The summed E-state index contributed by atoms with van der Waals surface area (Å²) in [6, 6.07) is 9.51. The number of benzene rings is 1. The molecule has 0 fully saturated rings. The Morgan fingerprint density at radius 1 is 1.27 bits per heavy atom. The maximum Gasteiger partial charge on any atom is 0.161 e. The van der Waals surface area contributed by atoms with Gasteiger partial charge in [-0.25, -0.2) is 0 Å². The molecule has 0 spiro atoms. The predicted molar refractivity (Wildman–Crippen MR) is 60.5 cm³/mol. The Morgan fingerprint density at radius 3 is 2.33 bits per heavy atom. The van der Waals surface area contributed by atoms with Crippen molar-refractivity contribution in [3.8, 4) is 0 Å². The summed E-state index contributed by atoms with van der Waals surface area (Å²) in [6.45, 7) is 5.45. The number of carbonyl (C=O) groups is 1. The summed E-state index contributed by atoms with van der Waals surface area (Å²) in [6.07, 6.45) is -0.398. The Morgan fingerprint density at radius 2 is 1.87 bits per heavy atom. The molecule has 0 amide bonds. The molecule has 1 N–H and O–H groups in total. The van der Waals surface area contributed by atoms with Crippen molar-refractivity contribution in [2.24, 2.45) is 5.92 Å². The first-order valence-electron chi connectivity index (χ1n) is 5.08. The number of para-hydroxylation sites is 1. The van der Waals surface area contributed by atoms with Gasteiger partial charge in [0.15, 0.2) is 5.78 Å². The van der Waals surface area contributed by atoms with E-state index < -0.39 is 6.10 Å². The normalized spacial score (nSPS) is 12.5. The van der Waals surface area contributed by atoms with Crippen molar-refractivity contribution >= 4 is 11.5 Å². The number of hydrogen-bond acceptors (Lipinski definition) is 3. The molecule has 0 saturated heterocycles. The number of ketones is 1. The van der Waals surface area contributed by atoms with Crippen molar-refractivity contribution in [2.45, 2.75) is 26.9 Å². The van der Waals surface area contributed by atoms with E-state index in [1.807, 2.05) is 44.2 Å². The van der Waals surface area contributed by atoms with Crippen LogP contribution in [-0.4, -0.2) is 11.9 Å². The second-order valence-corrected chi connectivity index (χ2v) is 3.86. The van der Waals surface area contributed by atoms with Gasteiger partial charge in [0.1, 0.15) is 6.10 Å². The number of Topliss-reactive ketones (excluding diaryl/α,β-unsaturated/α-hetero) is 1. The van der Waals surface area contributed by atoms with Crippen LogP contribution in [0, 0.1) is 5.92 Å². The van der Waals surface area contributed by atoms with Crippen LogP contribution >= 0.6 is 0 Å². The minimum Gasteiger partial charge on any atom is -0.297 e. The van der Waals surface area contributed by atoms with Crippen LogP contribution in [0.25, 0.3) is 0 Å². The number of nitrogens with one attached hydrogen (secondary N) is 1. The maximum atomic E-state index is 11.2. The summed E-state index contributed by atoms with van der Waals surface area (Å²) in [5.41, 5.74) is 3.64. The second kappa shape index (κ2) is 5.51. The second-order valence-electron chi connectivity index (χ2n) is 3.86. The highest BCUT2D eigenvalue weighted by molar-refractivity contribution is 5.80. The molecule has 3 heteroatoms. The zero-order valence-corrected chi connectivity index (χ0v) is 9.36. The lowest BCUT2D eigenvalue weighted by atomic mass is 10.0. The quantitative estimate of drug-likeness (QED) is 0.754. The molecule has 0 saturated carbocycles. The number of anilines is 1. The average molecular weight is 207 g/mol. The Balaban J connectivity index is 2.51. The fraction of sp³-hybridized carbons (Fsp3) is 0.417. The van der Waals surface area contributed by atoms with E-state index in [9.17, 15) is 4.79 Å². The van der Waals surface area contributed by atoms with E-state index in [0.717, 1.165) is 5.69 Å². The van der Waals surface area contributed by atoms with E-state index in [2.05, 4.69) is 5.48 Å². The first-order chi connectivity index (χ1) is 7.11. The fourth-order valence-corrected chi connectivity index (χ4v) is 1.33. The molecule has 1 rings (SSSR count). The molecule has 0 aliphatic heterocycles. The monoisotopic (exact) mass is 207 g/mol. The van der Waals surface area contributed by atoms with Gasteiger partial charge in [0.05, 0.1) is 5.69 Å². The minimum atomic E-state index is -0.398. The average Bonchev–Trinajstić information content (AvgIpc) is 2.18. The SMILES string of the molecule is CC(=O)C(ONc1ccccc1)C(C)C. The molecule has 3 nitrogen and oxygen atoms in total. The third-order valence-electron chi connectivity index (χ3n) is 2.08. The van der Waals surface area contributed by atoms with Crippen LogP contribution in [0.3, 0.4) is 0 Å². The molecule has 0 aliphatic rings. The molecule has 0 bridgehead atoms. The summed E-state index contributed by atoms with van der Waals surface area (Å²) in [5, 5.41) is 0. The molecular formula is C12H17NO2. The Hall–Kier alpha value is -1.35. The van der Waals surface area contributed by atoms with Gasteiger partial charge < -0.3 is 0 Å². The lowest BCUT2D eigenvalue weighted by Crippen LogP contribution is -2.29. The van der Waals surface area contributed by atoms with Gasteiger partial charge in [-0.1, -0.05) is 32.0 Å². The highest BCUT2D eigenvalue weighted by Crippen LogP contribution is 2.11. The molecule has 0 heterocycles. The van der Waals surface area contributed by atoms with Crippen molar-refractivity contribution in [3.63, 3.8) is 0 Å². The maximum absolute atomic E-state index is 11.2. The first kappa shape index (κ1) is 11.7. The predicted octanol–water partition coefficient (Wildman–Crippen LogP) is 2.64. The number of carbonyl (C=O) groups excluding carboxylic acids is 1. The molecular weight excluding hydrogens is 190 g/mol. The van der Waals surface area contributed by atoms with Gasteiger partial charge in [-0.2, -0.15) is 0 Å². The van der Waals surface area contributed by atoms with Crippen molar-refractivity contribution < 1.29 is 9.63 Å². The van der Waals surface area contributed by atoms with Gasteiger partial charge in [-0.3, -0.25) is 15.1 Å². The topological polar surface area (TPSA) is 38.3 Å². The zero-order valence-electron chi connectivity index (χ0n) is 9.36. The van der Waals surface area contributed by atoms with E-state index in [4.69, 9.17) is 4.84 Å². The van der Waals surface area contributed by atoms with Crippen LogP contribution in [0.1, 0.15) is 20.8 Å². The largest absolute Gasteiger partial charge is 0.297 e. The summed E-state index contributed by atoms with van der Waals surface area (Å²) in [7, 11) is 0. The third-order valence-corrected chi connectivity index (χ3v) is 2.08. The molecule has 1 aromatic carbocycles. The van der Waals surface area contributed by atoms with Crippen molar-refractivity contribution in [3.05, 3.63) is 30.3 Å². The van der Waals surface area contributed by atoms with Crippen LogP contribution in [0.5, 0.6) is 0 Å². The fourth-order valence-electron chi connectivity index (χ4n) is 1.33. The third kappa shape index (κ3) is 3.72. The standard InChI is InChI=1S/C12H17NO2/c1-9(2)12(10(3)14)15-13-11-7-5-4-6-8-11/h4-9,12-13H,1-3H3.